The summed E-state index contributed by atoms with van der Waals surface area (Å²) < 4.78 is 18.9. The second-order valence-corrected chi connectivity index (χ2v) is 5.71. The Labute approximate surface area is 135 Å². The summed E-state index contributed by atoms with van der Waals surface area (Å²) in [4.78, 5) is 10.1. The third-order valence-corrected chi connectivity index (χ3v) is 3.99. The van der Waals surface area contributed by atoms with Gasteiger partial charge in [0.15, 0.2) is 11.1 Å². The number of nitrogens with one attached hydrogen (secondary N) is 1. The van der Waals surface area contributed by atoms with Crippen LogP contribution in [-0.4, -0.2) is 61.9 Å². The highest BCUT2D eigenvalue weighted by atomic mass is 35.5. The van der Waals surface area contributed by atoms with Crippen molar-refractivity contribution in [2.45, 2.75) is 42.7 Å². The summed E-state index contributed by atoms with van der Waals surface area (Å²) in [6.07, 6.45) is -6.12. The molecule has 0 radical (unpaired) electrons. The maximum atomic E-state index is 13.5. The summed E-state index contributed by atoms with van der Waals surface area (Å²) in [5, 5.41) is 33.6. The van der Waals surface area contributed by atoms with Gasteiger partial charge in [-0.25, -0.2) is 0 Å². The van der Waals surface area contributed by atoms with Gasteiger partial charge in [-0.05, 0) is 18.5 Å². The van der Waals surface area contributed by atoms with Crippen molar-refractivity contribution in [3.8, 4) is 11.3 Å². The monoisotopic (exact) mass is 354 g/mol. The number of carbonyl (C=O) groups is 1. The molecule has 0 saturated carbocycles. The summed E-state index contributed by atoms with van der Waals surface area (Å²) in [6.45, 7) is 1.35. The molecule has 2 aliphatic rings. The molecule has 122 valence electrons. The van der Waals surface area contributed by atoms with Crippen LogP contribution in [0.3, 0.4) is 0 Å². The van der Waals surface area contributed by atoms with E-state index in [-0.39, 0.29) is 0 Å². The van der Waals surface area contributed by atoms with Gasteiger partial charge in [-0.3, -0.25) is 4.79 Å². The van der Waals surface area contributed by atoms with E-state index in [1.807, 2.05) is 10.7 Å². The minimum Gasteiger partial charge on any atom is -0.391 e. The molecule has 0 aromatic heterocycles. The van der Waals surface area contributed by atoms with Gasteiger partial charge < -0.3 is 30.3 Å². The van der Waals surface area contributed by atoms with Crippen molar-refractivity contribution in [3.63, 3.8) is 0 Å². The number of halogens is 3. The number of hydrogen-bond donors (Lipinski definition) is 4. The third kappa shape index (κ3) is 2.76. The Kier molecular flexibility index (Phi) is 4.87. The Morgan fingerprint density at radius 2 is 2.23 bits per heavy atom. The number of alkyl halides is 1. The molecule has 0 aromatic carbocycles. The zero-order chi connectivity index (χ0) is 16.7. The largest absolute Gasteiger partial charge is 0.391 e. The van der Waals surface area contributed by atoms with E-state index in [0.29, 0.717) is 6.20 Å². The maximum Gasteiger partial charge on any atom is 0.284 e. The van der Waals surface area contributed by atoms with Gasteiger partial charge in [-0.15, -0.1) is 0 Å². The molecule has 2 unspecified atom stereocenters. The maximum absolute atomic E-state index is 13.5. The standard InChI is InChI=1S/C12H13Cl2FN2O5/c1-5(18)7-8(19)12(14,2-3-13)10(22-7)17-4-6(15)9(20)16-11(17)21/h4-5,7-8,10-11,18-19,21H,1H3,(H,16,20)/t5-,7+,8-,10+,11?,12?/m0/s1. The van der Waals surface area contributed by atoms with E-state index in [2.05, 4.69) is 5.92 Å². The van der Waals surface area contributed by atoms with Crippen LogP contribution in [0.5, 0.6) is 0 Å². The van der Waals surface area contributed by atoms with Crippen LogP contribution in [0, 0.1) is 11.3 Å². The van der Waals surface area contributed by atoms with Crippen LogP contribution in [0.25, 0.3) is 0 Å². The third-order valence-electron chi connectivity index (χ3n) is 3.39. The molecule has 2 rings (SSSR count). The van der Waals surface area contributed by atoms with Gasteiger partial charge >= 0.3 is 0 Å². The van der Waals surface area contributed by atoms with Crippen molar-refractivity contribution < 1.29 is 29.2 Å². The number of amides is 1. The van der Waals surface area contributed by atoms with Gasteiger partial charge in [-0.2, -0.15) is 4.39 Å². The Morgan fingerprint density at radius 1 is 1.59 bits per heavy atom. The lowest BCUT2D eigenvalue weighted by molar-refractivity contribution is -0.151. The molecule has 0 aromatic rings. The number of ether oxygens (including phenoxy) is 1. The highest BCUT2D eigenvalue weighted by molar-refractivity contribution is 6.32. The fourth-order valence-electron chi connectivity index (χ4n) is 2.30. The van der Waals surface area contributed by atoms with Crippen LogP contribution in [0.15, 0.2) is 12.0 Å². The quantitative estimate of drug-likeness (QED) is 0.380. The number of aliphatic hydroxyl groups is 3. The summed E-state index contributed by atoms with van der Waals surface area (Å²) in [6, 6.07) is 0. The molecule has 1 fully saturated rings. The second-order valence-electron chi connectivity index (χ2n) is 4.90. The summed E-state index contributed by atoms with van der Waals surface area (Å²) >= 11 is 11.6. The van der Waals surface area contributed by atoms with Crippen molar-refractivity contribution in [2.75, 3.05) is 0 Å². The van der Waals surface area contributed by atoms with E-state index in [1.54, 1.807) is 0 Å². The molecular formula is C12H13Cl2FN2O5. The zero-order valence-corrected chi connectivity index (χ0v) is 12.7. The number of nitrogens with zero attached hydrogens (tertiary/aromatic N) is 1. The van der Waals surface area contributed by atoms with E-state index < -0.39 is 47.5 Å². The SMILES string of the molecule is C[C@H](O)[C@H]1O[C@@H](N2C=C(F)C(=O)NC2O)C(Cl)(C#CCl)[C@H]1O. The smallest absolute Gasteiger partial charge is 0.284 e. The lowest BCUT2D eigenvalue weighted by Gasteiger charge is -2.38. The van der Waals surface area contributed by atoms with Crippen LogP contribution >= 0.6 is 23.2 Å². The van der Waals surface area contributed by atoms with Crippen molar-refractivity contribution in [2.24, 2.45) is 0 Å². The molecule has 0 spiro atoms. The molecule has 7 nitrogen and oxygen atoms in total. The van der Waals surface area contributed by atoms with E-state index in [0.717, 1.165) is 4.90 Å². The minimum absolute atomic E-state index is 0.679. The average Bonchev–Trinajstić information content (AvgIpc) is 2.68. The molecule has 4 N–H and O–H groups in total. The number of rotatable bonds is 2. The van der Waals surface area contributed by atoms with Gasteiger partial charge in [-0.1, -0.05) is 17.5 Å². The fourth-order valence-corrected chi connectivity index (χ4v) is 2.84. The predicted molar refractivity (Wildman–Crippen MR) is 73.7 cm³/mol. The van der Waals surface area contributed by atoms with Gasteiger partial charge in [0.1, 0.15) is 12.2 Å². The first-order valence-corrected chi connectivity index (χ1v) is 6.95. The van der Waals surface area contributed by atoms with Gasteiger partial charge in [0, 0.05) is 11.6 Å². The Hall–Kier alpha value is -1.08. The van der Waals surface area contributed by atoms with Crippen molar-refractivity contribution in [1.29, 1.82) is 0 Å². The first-order chi connectivity index (χ1) is 10.2. The van der Waals surface area contributed by atoms with Gasteiger partial charge in [0.05, 0.1) is 6.10 Å². The van der Waals surface area contributed by atoms with Crippen LogP contribution < -0.4 is 5.32 Å². The van der Waals surface area contributed by atoms with E-state index in [1.165, 1.54) is 6.92 Å². The van der Waals surface area contributed by atoms with Gasteiger partial charge in [0.2, 0.25) is 12.2 Å². The number of hydrogen-bond acceptors (Lipinski definition) is 6. The molecule has 10 heteroatoms. The van der Waals surface area contributed by atoms with Crippen LogP contribution in [0.1, 0.15) is 6.92 Å². The second kappa shape index (κ2) is 6.20. The molecule has 1 saturated heterocycles. The van der Waals surface area contributed by atoms with Crippen molar-refractivity contribution >= 4 is 29.1 Å². The van der Waals surface area contributed by atoms with Crippen molar-refractivity contribution in [3.05, 3.63) is 12.0 Å². The molecule has 2 aliphatic heterocycles. The highest BCUT2D eigenvalue weighted by Crippen LogP contribution is 2.40. The fraction of sp³-hybridized carbons (Fsp3) is 0.583. The first kappa shape index (κ1) is 17.3. The molecule has 0 bridgehead atoms. The van der Waals surface area contributed by atoms with E-state index >= 15 is 0 Å². The van der Waals surface area contributed by atoms with Crippen LogP contribution in [0.4, 0.5) is 4.39 Å². The van der Waals surface area contributed by atoms with Crippen LogP contribution in [-0.2, 0) is 9.53 Å². The lowest BCUT2D eigenvalue weighted by atomic mass is 9.96. The topological polar surface area (TPSA) is 102 Å². The van der Waals surface area contributed by atoms with E-state index in [4.69, 9.17) is 27.9 Å². The molecule has 1 amide bonds. The van der Waals surface area contributed by atoms with Crippen LogP contribution in [0.2, 0.25) is 0 Å². The number of carbonyl (C=O) groups excluding carboxylic acids is 1. The van der Waals surface area contributed by atoms with E-state index in [9.17, 15) is 24.5 Å². The zero-order valence-electron chi connectivity index (χ0n) is 11.2. The molecule has 22 heavy (non-hydrogen) atoms. The normalized spacial score (nSPS) is 39.7. The molecular weight excluding hydrogens is 342 g/mol. The summed E-state index contributed by atoms with van der Waals surface area (Å²) in [5.74, 6) is 0.0212. The van der Waals surface area contributed by atoms with Crippen molar-refractivity contribution in [1.82, 2.24) is 10.2 Å². The number of aliphatic hydroxyl groups excluding tert-OH is 3. The average molecular weight is 355 g/mol. The highest BCUT2D eigenvalue weighted by Gasteiger charge is 2.59. The Bertz CT molecular complexity index is 563. The molecule has 6 atom stereocenters. The minimum atomic E-state index is -1.86. The lowest BCUT2D eigenvalue weighted by Crippen LogP contribution is -2.58. The summed E-state index contributed by atoms with van der Waals surface area (Å²) in [7, 11) is 0. The Balaban J connectivity index is 2.43. The predicted octanol–water partition coefficient (Wildman–Crippen LogP) is -0.851. The molecule has 0 aliphatic carbocycles. The summed E-state index contributed by atoms with van der Waals surface area (Å²) in [5.41, 5.74) is 0. The Morgan fingerprint density at radius 3 is 2.77 bits per heavy atom. The molecule has 2 heterocycles. The van der Waals surface area contributed by atoms with Gasteiger partial charge in [0.25, 0.3) is 5.91 Å². The first-order valence-electron chi connectivity index (χ1n) is 6.19.